The number of aromatic nitrogens is 1. The number of pyridine rings is 1. The van der Waals surface area contributed by atoms with Crippen LogP contribution in [-0.4, -0.2) is 39.2 Å². The number of hydrogen-bond donors (Lipinski definition) is 1. The Balaban J connectivity index is 0.000000305. The highest BCUT2D eigenvalue weighted by atomic mass is 79.9. The first kappa shape index (κ1) is 33.2. The molecule has 1 N–H and O–H groups in total. The van der Waals surface area contributed by atoms with Crippen molar-refractivity contribution in [1.29, 1.82) is 0 Å². The molecule has 1 aliphatic rings. The van der Waals surface area contributed by atoms with Gasteiger partial charge in [-0.05, 0) is 80.1 Å². The summed E-state index contributed by atoms with van der Waals surface area (Å²) in [7, 11) is 0. The molecule has 0 saturated carbocycles. The molecule has 0 spiro atoms. The zero-order chi connectivity index (χ0) is 30.0. The van der Waals surface area contributed by atoms with Crippen LogP contribution in [0.3, 0.4) is 0 Å². The number of amides is 1. The maximum absolute atomic E-state index is 13.6. The van der Waals surface area contributed by atoms with Gasteiger partial charge in [0.1, 0.15) is 28.5 Å². The topological polar surface area (TPSA) is 71.8 Å². The van der Waals surface area contributed by atoms with Crippen molar-refractivity contribution in [2.45, 2.75) is 72.1 Å². The summed E-state index contributed by atoms with van der Waals surface area (Å²) in [4.78, 5) is 26.4. The lowest BCUT2D eigenvalue weighted by Gasteiger charge is -2.23. The van der Waals surface area contributed by atoms with E-state index in [1.165, 1.54) is 10.6 Å². The Hall–Kier alpha value is -3.04. The molecule has 2 heterocycles. The van der Waals surface area contributed by atoms with Crippen molar-refractivity contribution in [3.8, 4) is 5.75 Å². The molecule has 1 unspecified atom stereocenters. The molecule has 1 aromatic carbocycles. The van der Waals surface area contributed by atoms with E-state index in [1.54, 1.807) is 19.1 Å². The Morgan fingerprint density at radius 2 is 1.95 bits per heavy atom. The number of halogens is 3. The molecule has 0 radical (unpaired) electrons. The zero-order valence-corrected chi connectivity index (χ0v) is 25.3. The van der Waals surface area contributed by atoms with E-state index in [2.05, 4.69) is 29.1 Å². The Morgan fingerprint density at radius 1 is 1.25 bits per heavy atom. The van der Waals surface area contributed by atoms with Crippen LogP contribution in [0.2, 0.25) is 0 Å². The quantitative estimate of drug-likeness (QED) is 0.266. The Labute approximate surface area is 243 Å². The lowest BCUT2D eigenvalue weighted by Crippen LogP contribution is -2.34. The number of hydrogen-bond acceptors (Lipinski definition) is 4. The monoisotopic (exact) mass is 620 g/mol. The molecule has 3 rings (SSSR count). The summed E-state index contributed by atoms with van der Waals surface area (Å²) < 4.78 is 33.8. The SMILES string of the molecule is C/C=C(\CC)C(=O)N1CCCC(C)(O)CC1.C=CC(=C)Cn1c(C)cc(OCc2ccc(F)cc2F)c(Br)c1=O. The van der Waals surface area contributed by atoms with Crippen LogP contribution < -0.4 is 10.3 Å². The normalized spacial score (nSPS) is 17.4. The number of benzene rings is 1. The van der Waals surface area contributed by atoms with Crippen LogP contribution in [0.4, 0.5) is 8.78 Å². The average molecular weight is 622 g/mol. The van der Waals surface area contributed by atoms with E-state index >= 15 is 0 Å². The lowest BCUT2D eigenvalue weighted by molar-refractivity contribution is -0.127. The summed E-state index contributed by atoms with van der Waals surface area (Å²) in [5.41, 5.74) is 1.56. The molecule has 2 aromatic rings. The second-order valence-electron chi connectivity index (χ2n) is 10.1. The Bertz CT molecular complexity index is 1320. The van der Waals surface area contributed by atoms with Crippen molar-refractivity contribution in [2.75, 3.05) is 13.1 Å². The van der Waals surface area contributed by atoms with Crippen molar-refractivity contribution in [1.82, 2.24) is 9.47 Å². The molecule has 1 fully saturated rings. The fourth-order valence-electron chi connectivity index (χ4n) is 4.23. The van der Waals surface area contributed by atoms with E-state index in [1.807, 2.05) is 31.7 Å². The van der Waals surface area contributed by atoms with Crippen LogP contribution in [0.1, 0.15) is 57.7 Å². The van der Waals surface area contributed by atoms with Crippen LogP contribution in [-0.2, 0) is 17.9 Å². The minimum atomic E-state index is -0.696. The summed E-state index contributed by atoms with van der Waals surface area (Å²) in [6.45, 7) is 16.6. The van der Waals surface area contributed by atoms with Crippen LogP contribution in [0.25, 0.3) is 0 Å². The van der Waals surface area contributed by atoms with E-state index in [0.29, 0.717) is 36.5 Å². The average Bonchev–Trinajstić information content (AvgIpc) is 3.09. The highest BCUT2D eigenvalue weighted by Crippen LogP contribution is 2.25. The van der Waals surface area contributed by atoms with Crippen LogP contribution in [0, 0.1) is 18.6 Å². The first-order valence-corrected chi connectivity index (χ1v) is 14.1. The molecule has 1 aromatic heterocycles. The highest BCUT2D eigenvalue weighted by molar-refractivity contribution is 9.10. The van der Waals surface area contributed by atoms with E-state index in [4.69, 9.17) is 4.74 Å². The largest absolute Gasteiger partial charge is 0.487 e. The van der Waals surface area contributed by atoms with Crippen LogP contribution in [0.5, 0.6) is 5.75 Å². The fourth-order valence-corrected chi connectivity index (χ4v) is 4.67. The zero-order valence-electron chi connectivity index (χ0n) is 23.7. The van der Waals surface area contributed by atoms with E-state index in [0.717, 1.165) is 43.5 Å². The van der Waals surface area contributed by atoms with Gasteiger partial charge >= 0.3 is 0 Å². The molecule has 0 aliphatic carbocycles. The molecule has 1 saturated heterocycles. The van der Waals surface area contributed by atoms with E-state index in [-0.39, 0.29) is 28.1 Å². The number of carbonyl (C=O) groups excluding carboxylic acids is 1. The van der Waals surface area contributed by atoms with E-state index in [9.17, 15) is 23.5 Å². The number of allylic oxidation sites excluding steroid dienone is 3. The van der Waals surface area contributed by atoms with Gasteiger partial charge in [-0.3, -0.25) is 9.59 Å². The van der Waals surface area contributed by atoms with Crippen LogP contribution >= 0.6 is 15.9 Å². The first-order valence-electron chi connectivity index (χ1n) is 13.3. The number of carbonyl (C=O) groups is 1. The number of ether oxygens (including phenoxy) is 1. The maximum Gasteiger partial charge on any atom is 0.269 e. The second kappa shape index (κ2) is 15.1. The van der Waals surface area contributed by atoms with Crippen molar-refractivity contribution in [3.63, 3.8) is 0 Å². The van der Waals surface area contributed by atoms with Gasteiger partial charge in [0.05, 0.1) is 12.1 Å². The Morgan fingerprint density at radius 3 is 2.55 bits per heavy atom. The summed E-state index contributed by atoms with van der Waals surface area (Å²) in [5.74, 6) is -0.916. The van der Waals surface area contributed by atoms with Gasteiger partial charge in [0.25, 0.3) is 5.56 Å². The third-order valence-electron chi connectivity index (χ3n) is 6.82. The number of likely N-dealkylation sites (tertiary alicyclic amines) is 1. The van der Waals surface area contributed by atoms with Gasteiger partial charge in [-0.15, -0.1) is 0 Å². The van der Waals surface area contributed by atoms with Crippen molar-refractivity contribution in [2.24, 2.45) is 0 Å². The molecule has 1 aliphatic heterocycles. The second-order valence-corrected chi connectivity index (χ2v) is 10.8. The molecule has 1 amide bonds. The van der Waals surface area contributed by atoms with Gasteiger partial charge in [0, 0.05) is 42.1 Å². The predicted octanol–water partition coefficient (Wildman–Crippen LogP) is 6.62. The predicted molar refractivity (Wildman–Crippen MR) is 158 cm³/mol. The third-order valence-corrected chi connectivity index (χ3v) is 7.55. The molecule has 218 valence electrons. The lowest BCUT2D eigenvalue weighted by atomic mass is 9.98. The summed E-state index contributed by atoms with van der Waals surface area (Å²) >= 11 is 3.21. The number of aryl methyl sites for hydroxylation is 1. The molecule has 9 heteroatoms. The summed E-state index contributed by atoms with van der Waals surface area (Å²) in [6, 6.07) is 4.92. The Kier molecular flexibility index (Phi) is 12.5. The minimum absolute atomic E-state index is 0.118. The third kappa shape index (κ3) is 9.27. The highest BCUT2D eigenvalue weighted by Gasteiger charge is 2.27. The molecule has 6 nitrogen and oxygen atoms in total. The number of aliphatic hydroxyl groups is 1. The molecule has 0 bridgehead atoms. The molecule has 40 heavy (non-hydrogen) atoms. The van der Waals surface area contributed by atoms with Gasteiger partial charge in [-0.25, -0.2) is 8.78 Å². The van der Waals surface area contributed by atoms with Gasteiger partial charge in [-0.2, -0.15) is 0 Å². The van der Waals surface area contributed by atoms with Crippen molar-refractivity contribution >= 4 is 21.8 Å². The standard InChI is InChI=1S/C18H16BrF2NO2.C13H23NO2/c1-4-11(2)9-22-12(3)7-16(17(19)18(22)23)24-10-13-5-6-14(20)8-15(13)21;1-4-11(5-2)12(15)14-9-6-7-13(3,16)8-10-14/h4-8H,1-2,9-10H2,3H3;4,16H,5-10H2,1-3H3/b;11-4+. The van der Waals surface area contributed by atoms with Crippen molar-refractivity contribution in [3.05, 3.63) is 98.4 Å². The van der Waals surface area contributed by atoms with Crippen molar-refractivity contribution < 1.29 is 23.4 Å². The van der Waals surface area contributed by atoms with Gasteiger partial charge in [0.2, 0.25) is 5.91 Å². The smallest absolute Gasteiger partial charge is 0.269 e. The van der Waals surface area contributed by atoms with Gasteiger partial charge in [0.15, 0.2) is 0 Å². The summed E-state index contributed by atoms with van der Waals surface area (Å²) in [5, 5.41) is 9.95. The number of rotatable bonds is 8. The summed E-state index contributed by atoms with van der Waals surface area (Å²) in [6.07, 6.45) is 6.61. The fraction of sp³-hybridized carbons (Fsp3) is 0.419. The van der Waals surface area contributed by atoms with Crippen LogP contribution in [0.15, 0.2) is 70.0 Å². The van der Waals surface area contributed by atoms with Gasteiger partial charge < -0.3 is 19.3 Å². The maximum atomic E-state index is 13.6. The van der Waals surface area contributed by atoms with Gasteiger partial charge in [-0.1, -0.05) is 32.2 Å². The molecular formula is C31H39BrF2N2O4. The minimum Gasteiger partial charge on any atom is -0.487 e. The first-order chi connectivity index (χ1) is 18.8. The van der Waals surface area contributed by atoms with E-state index < -0.39 is 17.2 Å². The molecular weight excluding hydrogens is 582 g/mol. The molecule has 1 atom stereocenters. The number of nitrogens with zero attached hydrogens (tertiary/aromatic N) is 2.